The average Bonchev–Trinajstić information content (AvgIpc) is 2.25. The number of hydrogen-bond acceptors (Lipinski definition) is 3. The molecule has 5 nitrogen and oxygen atoms in total. The lowest BCUT2D eigenvalue weighted by Crippen LogP contribution is -2.54. The van der Waals surface area contributed by atoms with Crippen LogP contribution in [0.1, 0.15) is 36.8 Å². The zero-order valence-corrected chi connectivity index (χ0v) is 11.8. The molecule has 5 heteroatoms. The van der Waals surface area contributed by atoms with Crippen LogP contribution in [-0.4, -0.2) is 40.6 Å². The van der Waals surface area contributed by atoms with Crippen LogP contribution >= 0.6 is 0 Å². The topological polar surface area (TPSA) is 62.4 Å². The van der Waals surface area contributed by atoms with Crippen LogP contribution in [0.2, 0.25) is 0 Å². The number of ether oxygens (including phenoxy) is 1. The number of aromatic amines is 1. The fourth-order valence-electron chi connectivity index (χ4n) is 2.52. The van der Waals surface area contributed by atoms with Crippen LogP contribution in [0.3, 0.4) is 0 Å². The molecule has 1 unspecified atom stereocenters. The lowest BCUT2D eigenvalue weighted by Gasteiger charge is -2.41. The van der Waals surface area contributed by atoms with E-state index < -0.39 is 0 Å². The molecular weight excluding hydrogens is 244 g/mol. The number of H-pyrrole nitrogens is 1. The molecule has 0 radical (unpaired) electrons. The van der Waals surface area contributed by atoms with Crippen LogP contribution in [0.15, 0.2) is 17.1 Å². The van der Waals surface area contributed by atoms with Crippen molar-refractivity contribution in [2.75, 3.05) is 13.1 Å². The number of rotatable bonds is 1. The van der Waals surface area contributed by atoms with Gasteiger partial charge in [-0.2, -0.15) is 0 Å². The van der Waals surface area contributed by atoms with E-state index >= 15 is 0 Å². The van der Waals surface area contributed by atoms with E-state index in [0.29, 0.717) is 13.1 Å². The molecule has 1 aromatic rings. The third-order valence-corrected chi connectivity index (χ3v) is 3.14. The van der Waals surface area contributed by atoms with Crippen LogP contribution < -0.4 is 5.43 Å². The predicted octanol–water partition coefficient (Wildman–Crippen LogP) is 1.32. The first-order valence-corrected chi connectivity index (χ1v) is 6.45. The van der Waals surface area contributed by atoms with E-state index in [1.807, 2.05) is 20.8 Å². The molecule has 19 heavy (non-hydrogen) atoms. The summed E-state index contributed by atoms with van der Waals surface area (Å²) in [7, 11) is 0. The van der Waals surface area contributed by atoms with Gasteiger partial charge in [0, 0.05) is 31.0 Å². The number of aromatic nitrogens is 1. The molecule has 1 N–H and O–H groups in total. The molecule has 104 valence electrons. The Morgan fingerprint density at radius 3 is 2.79 bits per heavy atom. The Morgan fingerprint density at radius 1 is 1.53 bits per heavy atom. The van der Waals surface area contributed by atoms with E-state index in [-0.39, 0.29) is 28.6 Å². The highest BCUT2D eigenvalue weighted by Gasteiger charge is 2.34. The smallest absolute Gasteiger partial charge is 0.259 e. The number of pyridine rings is 1. The van der Waals surface area contributed by atoms with Gasteiger partial charge in [-0.25, -0.2) is 0 Å². The summed E-state index contributed by atoms with van der Waals surface area (Å²) in [5, 5.41) is 0. The van der Waals surface area contributed by atoms with Crippen molar-refractivity contribution in [2.24, 2.45) is 0 Å². The first-order valence-electron chi connectivity index (χ1n) is 6.45. The van der Waals surface area contributed by atoms with Crippen LogP contribution in [0.5, 0.6) is 0 Å². The van der Waals surface area contributed by atoms with Crippen molar-refractivity contribution < 1.29 is 9.53 Å². The van der Waals surface area contributed by atoms with E-state index in [1.165, 1.54) is 12.3 Å². The van der Waals surface area contributed by atoms with Gasteiger partial charge in [-0.3, -0.25) is 9.59 Å². The number of amides is 1. The summed E-state index contributed by atoms with van der Waals surface area (Å²) in [5.74, 6) is -0.232. The van der Waals surface area contributed by atoms with Crippen molar-refractivity contribution >= 4 is 5.91 Å². The highest BCUT2D eigenvalue weighted by atomic mass is 16.5. The van der Waals surface area contributed by atoms with Crippen molar-refractivity contribution in [3.05, 3.63) is 33.7 Å². The minimum atomic E-state index is -0.384. The van der Waals surface area contributed by atoms with Gasteiger partial charge in [0.25, 0.3) is 5.91 Å². The molecule has 0 bridgehead atoms. The lowest BCUT2D eigenvalue weighted by atomic mass is 10.0. The molecule has 1 aliphatic rings. The zero-order valence-electron chi connectivity index (χ0n) is 11.8. The van der Waals surface area contributed by atoms with Crippen LogP contribution in [0.25, 0.3) is 0 Å². The number of nitrogens with one attached hydrogen (secondary N) is 1. The summed E-state index contributed by atoms with van der Waals surface area (Å²) in [5.41, 5.74) is 0.316. The molecule has 1 aliphatic heterocycles. The molecule has 2 rings (SSSR count). The molecule has 2 heterocycles. The fraction of sp³-hybridized carbons (Fsp3) is 0.571. The van der Waals surface area contributed by atoms with E-state index in [0.717, 1.165) is 5.69 Å². The van der Waals surface area contributed by atoms with Gasteiger partial charge in [0.2, 0.25) is 0 Å². The number of morpholine rings is 1. The minimum absolute atomic E-state index is 0.0303. The number of hydrogen-bond donors (Lipinski definition) is 1. The average molecular weight is 264 g/mol. The Labute approximate surface area is 112 Å². The van der Waals surface area contributed by atoms with E-state index in [1.54, 1.807) is 11.8 Å². The van der Waals surface area contributed by atoms with Gasteiger partial charge in [0.1, 0.15) is 5.56 Å². The second-order valence-electron chi connectivity index (χ2n) is 5.77. The minimum Gasteiger partial charge on any atom is -0.369 e. The van der Waals surface area contributed by atoms with E-state index in [2.05, 4.69) is 4.98 Å². The molecular formula is C14H20N2O3. The fourth-order valence-corrected chi connectivity index (χ4v) is 2.52. The Kier molecular flexibility index (Phi) is 3.49. The largest absolute Gasteiger partial charge is 0.369 e. The summed E-state index contributed by atoms with van der Waals surface area (Å²) in [6.45, 7) is 8.61. The molecule has 0 aromatic carbocycles. The van der Waals surface area contributed by atoms with Gasteiger partial charge in [-0.15, -0.1) is 0 Å². The van der Waals surface area contributed by atoms with E-state index in [9.17, 15) is 9.59 Å². The van der Waals surface area contributed by atoms with Crippen molar-refractivity contribution in [1.82, 2.24) is 9.88 Å². The highest BCUT2D eigenvalue weighted by molar-refractivity contribution is 5.94. The molecule has 0 spiro atoms. The van der Waals surface area contributed by atoms with Gasteiger partial charge in [0.15, 0.2) is 5.43 Å². The number of aryl methyl sites for hydroxylation is 1. The van der Waals surface area contributed by atoms with Gasteiger partial charge >= 0.3 is 0 Å². The van der Waals surface area contributed by atoms with Gasteiger partial charge in [0.05, 0.1) is 11.7 Å². The standard InChI is InChI=1S/C14H20N2O3/c1-9-5-12(17)11(6-15-9)13(18)16-7-10(2)19-14(3,4)8-16/h5-6,10H,7-8H2,1-4H3,(H,15,17). The molecule has 1 amide bonds. The molecule has 1 atom stereocenters. The normalized spacial score (nSPS) is 22.3. The van der Waals surface area contributed by atoms with Crippen molar-refractivity contribution in [2.45, 2.75) is 39.4 Å². The summed E-state index contributed by atoms with van der Waals surface area (Å²) < 4.78 is 5.76. The monoisotopic (exact) mass is 264 g/mol. The zero-order chi connectivity index (χ0) is 14.2. The third-order valence-electron chi connectivity index (χ3n) is 3.14. The Bertz CT molecular complexity index is 548. The lowest BCUT2D eigenvalue weighted by molar-refractivity contribution is -0.118. The Morgan fingerprint density at radius 2 is 2.21 bits per heavy atom. The van der Waals surface area contributed by atoms with Gasteiger partial charge < -0.3 is 14.6 Å². The number of carbonyl (C=O) groups is 1. The quantitative estimate of drug-likeness (QED) is 0.832. The van der Waals surface area contributed by atoms with Crippen molar-refractivity contribution in [1.29, 1.82) is 0 Å². The summed E-state index contributed by atoms with van der Waals surface area (Å²) in [4.78, 5) is 28.9. The van der Waals surface area contributed by atoms with Crippen molar-refractivity contribution in [3.63, 3.8) is 0 Å². The molecule has 0 saturated carbocycles. The van der Waals surface area contributed by atoms with Crippen LogP contribution in [-0.2, 0) is 4.74 Å². The maximum Gasteiger partial charge on any atom is 0.259 e. The molecule has 1 saturated heterocycles. The first kappa shape index (κ1) is 13.8. The third kappa shape index (κ3) is 3.04. The number of carbonyl (C=O) groups excluding carboxylic acids is 1. The van der Waals surface area contributed by atoms with Crippen LogP contribution in [0.4, 0.5) is 0 Å². The molecule has 1 aromatic heterocycles. The van der Waals surface area contributed by atoms with Gasteiger partial charge in [-0.1, -0.05) is 0 Å². The number of nitrogens with zero attached hydrogens (tertiary/aromatic N) is 1. The summed E-state index contributed by atoms with van der Waals surface area (Å²) >= 11 is 0. The second-order valence-corrected chi connectivity index (χ2v) is 5.77. The summed E-state index contributed by atoms with van der Waals surface area (Å²) in [6.07, 6.45) is 1.46. The molecule has 0 aliphatic carbocycles. The van der Waals surface area contributed by atoms with Crippen molar-refractivity contribution in [3.8, 4) is 0 Å². The van der Waals surface area contributed by atoms with Gasteiger partial charge in [-0.05, 0) is 27.7 Å². The maximum atomic E-state index is 12.4. The SMILES string of the molecule is Cc1cc(=O)c(C(=O)N2CC(C)OC(C)(C)C2)c[nH]1. The predicted molar refractivity (Wildman–Crippen MR) is 72.3 cm³/mol. The second kappa shape index (κ2) is 4.81. The highest BCUT2D eigenvalue weighted by Crippen LogP contribution is 2.21. The Hall–Kier alpha value is -1.62. The molecule has 1 fully saturated rings. The first-order chi connectivity index (χ1) is 8.78. The maximum absolute atomic E-state index is 12.4. The van der Waals surface area contributed by atoms with E-state index in [4.69, 9.17) is 4.74 Å². The summed E-state index contributed by atoms with van der Waals surface area (Å²) in [6, 6.07) is 1.45. The van der Waals surface area contributed by atoms with Crippen LogP contribution in [0, 0.1) is 6.92 Å². The Balaban J connectivity index is 2.26.